The Kier molecular flexibility index (Phi) is 8.00. The third-order valence-corrected chi connectivity index (χ3v) is 11.3. The molecule has 4 aromatic rings. The number of likely N-dealkylation sites (N-methyl/N-ethyl adjacent to an activating group) is 1. The second-order valence-corrected chi connectivity index (χ2v) is 13.8. The summed E-state index contributed by atoms with van der Waals surface area (Å²) >= 11 is 1.07. The number of rotatable bonds is 8. The van der Waals surface area contributed by atoms with Crippen LogP contribution in [0.4, 0.5) is 25.3 Å². The van der Waals surface area contributed by atoms with Gasteiger partial charge in [0, 0.05) is 42.9 Å². The van der Waals surface area contributed by atoms with E-state index in [9.17, 15) is 13.6 Å². The Balaban J connectivity index is 1.34. The van der Waals surface area contributed by atoms with E-state index in [-0.39, 0.29) is 46.8 Å². The van der Waals surface area contributed by atoms with Gasteiger partial charge in [0.15, 0.2) is 0 Å². The van der Waals surface area contributed by atoms with Gasteiger partial charge < -0.3 is 20.3 Å². The van der Waals surface area contributed by atoms with Gasteiger partial charge in [0.2, 0.25) is 11.6 Å². The number of hydrogen-bond acceptors (Lipinski definition) is 8. The van der Waals surface area contributed by atoms with Gasteiger partial charge in [0.25, 0.3) is 0 Å². The summed E-state index contributed by atoms with van der Waals surface area (Å²) in [5.41, 5.74) is 8.05. The zero-order chi connectivity index (χ0) is 33.0. The molecular formula is C35H37F2N7O2S. The van der Waals surface area contributed by atoms with Crippen molar-refractivity contribution in [1.82, 2.24) is 19.8 Å². The van der Waals surface area contributed by atoms with E-state index >= 15 is 0 Å². The molecule has 3 saturated heterocycles. The minimum atomic E-state index is -0.880. The highest BCUT2D eigenvalue weighted by Crippen LogP contribution is 2.47. The molecule has 1 amide bonds. The van der Waals surface area contributed by atoms with Crippen molar-refractivity contribution in [2.75, 3.05) is 43.4 Å². The van der Waals surface area contributed by atoms with E-state index < -0.39 is 12.0 Å². The van der Waals surface area contributed by atoms with Crippen molar-refractivity contribution < 1.29 is 18.3 Å². The van der Waals surface area contributed by atoms with Crippen LogP contribution in [-0.4, -0.2) is 82.3 Å². The summed E-state index contributed by atoms with van der Waals surface area (Å²) in [6.45, 7) is 18.3. The molecule has 3 aliphatic heterocycles. The van der Waals surface area contributed by atoms with Crippen LogP contribution in [0.15, 0.2) is 43.0 Å². The highest BCUT2D eigenvalue weighted by Gasteiger charge is 2.49. The first-order chi connectivity index (χ1) is 22.7. The first-order valence-electron chi connectivity index (χ1n) is 16.1. The molecule has 12 heteroatoms. The standard InChI is InChI=1S/C35H37F2N7O2S/c1-5-28(45)44-15-12-27(20(44)3)43(6-2)33-24-9-8-21(23-10-11-25(37)31-29(23)30(39-4)32(38)47-31)16-26(24)40-34(41-33)46-19-35-13-7-14-42(35)18-22(36)17-35/h5,8-11,16,20,22,27H,1,6-7,12-15,17-19,38H2,2-3H3/t20-,22-,27?,35+/m1/s1. The van der Waals surface area contributed by atoms with Crippen LogP contribution in [0.1, 0.15) is 39.5 Å². The maximum atomic E-state index is 14.9. The second kappa shape index (κ2) is 12.0. The molecule has 7 rings (SSSR count). The first-order valence-corrected chi connectivity index (χ1v) is 16.9. The van der Waals surface area contributed by atoms with Crippen LogP contribution in [-0.2, 0) is 4.79 Å². The maximum Gasteiger partial charge on any atom is 0.319 e. The summed E-state index contributed by atoms with van der Waals surface area (Å²) in [6, 6.07) is 8.97. The molecule has 2 N–H and O–H groups in total. The number of carbonyl (C=O) groups is 1. The molecule has 5 heterocycles. The first kappa shape index (κ1) is 31.3. The summed E-state index contributed by atoms with van der Waals surface area (Å²) < 4.78 is 36.1. The molecule has 0 radical (unpaired) electrons. The Morgan fingerprint density at radius 1 is 1.32 bits per heavy atom. The molecule has 244 valence electrons. The number of aromatic nitrogens is 2. The number of fused-ring (bicyclic) bond motifs is 3. The number of ether oxygens (including phenoxy) is 1. The van der Waals surface area contributed by atoms with Gasteiger partial charge in [-0.2, -0.15) is 9.97 Å². The van der Waals surface area contributed by atoms with Gasteiger partial charge in [0.05, 0.1) is 33.4 Å². The van der Waals surface area contributed by atoms with E-state index in [1.165, 1.54) is 12.1 Å². The fourth-order valence-corrected chi connectivity index (χ4v) is 8.96. The number of hydrogen-bond donors (Lipinski definition) is 1. The van der Waals surface area contributed by atoms with E-state index in [1.54, 1.807) is 6.07 Å². The highest BCUT2D eigenvalue weighted by molar-refractivity contribution is 7.23. The molecule has 0 spiro atoms. The van der Waals surface area contributed by atoms with Crippen molar-refractivity contribution >= 4 is 54.7 Å². The molecule has 1 unspecified atom stereocenters. The number of likely N-dealkylation sites (tertiary alicyclic amines) is 1. The number of amides is 1. The largest absolute Gasteiger partial charge is 0.461 e. The smallest absolute Gasteiger partial charge is 0.319 e. The Labute approximate surface area is 276 Å². The van der Waals surface area contributed by atoms with Gasteiger partial charge in [-0.3, -0.25) is 9.69 Å². The topological polar surface area (TPSA) is 92.2 Å². The predicted octanol–water partition coefficient (Wildman–Crippen LogP) is 6.74. The average molecular weight is 658 g/mol. The van der Waals surface area contributed by atoms with Crippen molar-refractivity contribution in [2.45, 2.75) is 63.3 Å². The number of benzene rings is 2. The van der Waals surface area contributed by atoms with Crippen LogP contribution in [0.25, 0.3) is 37.0 Å². The molecule has 2 aromatic heterocycles. The van der Waals surface area contributed by atoms with E-state index in [2.05, 4.69) is 28.1 Å². The average Bonchev–Trinajstić information content (AvgIpc) is 3.81. The molecule has 0 bridgehead atoms. The SMILES string of the molecule is [C-]#[N+]c1c(N)sc2c(F)ccc(-c3ccc4c(N(CC)C5CCN(C(=O)C=C)[C@@H]5C)nc(OC[C@@]56CCCN5C[C@H](F)C6)nc4c3)c12. The van der Waals surface area contributed by atoms with Gasteiger partial charge in [0.1, 0.15) is 24.4 Å². The lowest BCUT2D eigenvalue weighted by Crippen LogP contribution is -2.45. The van der Waals surface area contributed by atoms with Crippen molar-refractivity contribution in [2.24, 2.45) is 0 Å². The third kappa shape index (κ3) is 5.16. The number of nitrogen functional groups attached to an aromatic ring is 1. The number of thiophene rings is 1. The Bertz CT molecular complexity index is 1940. The highest BCUT2D eigenvalue weighted by atomic mass is 32.1. The van der Waals surface area contributed by atoms with Gasteiger partial charge in [-0.05, 0) is 75.1 Å². The Hall–Kier alpha value is -4.34. The maximum absolute atomic E-state index is 14.9. The molecule has 47 heavy (non-hydrogen) atoms. The van der Waals surface area contributed by atoms with Gasteiger partial charge in [-0.1, -0.05) is 18.7 Å². The predicted molar refractivity (Wildman–Crippen MR) is 182 cm³/mol. The summed E-state index contributed by atoms with van der Waals surface area (Å²) in [5, 5.41) is 1.55. The zero-order valence-corrected chi connectivity index (χ0v) is 27.3. The second-order valence-electron chi connectivity index (χ2n) is 12.8. The van der Waals surface area contributed by atoms with E-state index in [4.69, 9.17) is 27.0 Å². The van der Waals surface area contributed by atoms with Gasteiger partial charge in [-0.15, -0.1) is 11.3 Å². The molecule has 3 aliphatic rings. The number of nitrogens with two attached hydrogens (primary N) is 1. The summed E-state index contributed by atoms with van der Waals surface area (Å²) in [6.07, 6.45) is 3.52. The fraction of sp³-hybridized carbons (Fsp3) is 0.429. The van der Waals surface area contributed by atoms with Crippen LogP contribution in [0, 0.1) is 12.4 Å². The van der Waals surface area contributed by atoms with Crippen molar-refractivity contribution in [3.63, 3.8) is 0 Å². The van der Waals surface area contributed by atoms with Crippen LogP contribution in [0.5, 0.6) is 6.01 Å². The number of alkyl halides is 1. The molecule has 0 saturated carbocycles. The fourth-order valence-electron chi connectivity index (χ4n) is 8.03. The molecule has 3 fully saturated rings. The Morgan fingerprint density at radius 2 is 2.15 bits per heavy atom. The van der Waals surface area contributed by atoms with Crippen LogP contribution in [0.3, 0.4) is 0 Å². The molecule has 9 nitrogen and oxygen atoms in total. The molecule has 2 aromatic carbocycles. The summed E-state index contributed by atoms with van der Waals surface area (Å²) in [7, 11) is 0. The number of carbonyl (C=O) groups excluding carboxylic acids is 1. The molecular weight excluding hydrogens is 620 g/mol. The molecule has 0 aliphatic carbocycles. The minimum Gasteiger partial charge on any atom is -0.461 e. The quantitative estimate of drug-likeness (QED) is 0.166. The monoisotopic (exact) mass is 657 g/mol. The number of nitrogens with zero attached hydrogens (tertiary/aromatic N) is 6. The van der Waals surface area contributed by atoms with Gasteiger partial charge in [-0.25, -0.2) is 13.6 Å². The number of anilines is 2. The zero-order valence-electron chi connectivity index (χ0n) is 26.5. The van der Waals surface area contributed by atoms with Crippen LogP contribution >= 0.6 is 11.3 Å². The van der Waals surface area contributed by atoms with Gasteiger partial charge >= 0.3 is 6.01 Å². The van der Waals surface area contributed by atoms with Crippen molar-refractivity contribution in [3.05, 3.63) is 60.2 Å². The lowest BCUT2D eigenvalue weighted by Gasteiger charge is -2.34. The van der Waals surface area contributed by atoms with Crippen LogP contribution in [0.2, 0.25) is 0 Å². The number of halogens is 2. The minimum absolute atomic E-state index is 0.00713. The lowest BCUT2D eigenvalue weighted by atomic mass is 9.95. The summed E-state index contributed by atoms with van der Waals surface area (Å²) in [4.78, 5) is 32.3. The lowest BCUT2D eigenvalue weighted by molar-refractivity contribution is -0.126. The van der Waals surface area contributed by atoms with Crippen molar-refractivity contribution in [3.8, 4) is 17.1 Å². The normalized spacial score (nSPS) is 24.1. The third-order valence-electron chi connectivity index (χ3n) is 10.3. The molecule has 4 atom stereocenters. The van der Waals surface area contributed by atoms with Crippen molar-refractivity contribution in [1.29, 1.82) is 0 Å². The van der Waals surface area contributed by atoms with Crippen LogP contribution < -0.4 is 15.4 Å². The van der Waals surface area contributed by atoms with E-state index in [0.29, 0.717) is 53.0 Å². The van der Waals surface area contributed by atoms with E-state index in [0.717, 1.165) is 48.1 Å². The summed E-state index contributed by atoms with van der Waals surface area (Å²) in [5.74, 6) is 0.163. The van der Waals surface area contributed by atoms with E-state index in [1.807, 2.05) is 30.0 Å². The Morgan fingerprint density at radius 3 is 2.91 bits per heavy atom.